The molecule has 0 radical (unpaired) electrons. The zero-order valence-electron chi connectivity index (χ0n) is 13.8. The molecular formula is C17H15N5O3S. The fraction of sp³-hybridized carbons (Fsp3) is 0.118. The molecule has 26 heavy (non-hydrogen) atoms. The molecule has 2 aromatic heterocycles. The van der Waals surface area contributed by atoms with Gasteiger partial charge in [0.1, 0.15) is 0 Å². The van der Waals surface area contributed by atoms with Gasteiger partial charge in [0.05, 0.1) is 15.9 Å². The first-order valence-electron chi connectivity index (χ1n) is 7.71. The van der Waals surface area contributed by atoms with E-state index in [9.17, 15) is 14.9 Å². The number of nitro benzene ring substituents is 1. The predicted octanol–water partition coefficient (Wildman–Crippen LogP) is 3.29. The van der Waals surface area contributed by atoms with Gasteiger partial charge in [0.25, 0.3) is 5.69 Å². The maximum absolute atomic E-state index is 12.5. The third kappa shape index (κ3) is 4.06. The van der Waals surface area contributed by atoms with E-state index in [1.165, 1.54) is 23.9 Å². The molecule has 0 saturated heterocycles. The molecule has 8 nitrogen and oxygen atoms in total. The van der Waals surface area contributed by atoms with Crippen LogP contribution < -0.4 is 5.32 Å². The summed E-state index contributed by atoms with van der Waals surface area (Å²) in [6.45, 7) is 1.77. The molecule has 2 heterocycles. The average molecular weight is 369 g/mol. The second-order valence-corrected chi connectivity index (χ2v) is 6.74. The summed E-state index contributed by atoms with van der Waals surface area (Å²) in [6, 6.07) is 11.4. The van der Waals surface area contributed by atoms with Crippen LogP contribution in [0.5, 0.6) is 0 Å². The van der Waals surface area contributed by atoms with Crippen LogP contribution in [0.15, 0.2) is 66.0 Å². The van der Waals surface area contributed by atoms with Crippen molar-refractivity contribution in [2.45, 2.75) is 17.1 Å². The van der Waals surface area contributed by atoms with Gasteiger partial charge in [-0.3, -0.25) is 14.9 Å². The second-order valence-electron chi connectivity index (χ2n) is 5.33. The fourth-order valence-electron chi connectivity index (χ4n) is 2.21. The molecule has 1 aromatic carbocycles. The minimum absolute atomic E-state index is 0.0191. The summed E-state index contributed by atoms with van der Waals surface area (Å²) in [5, 5.41) is 17.3. The number of hydrogen-bond acceptors (Lipinski definition) is 6. The maximum atomic E-state index is 12.5. The molecule has 0 fully saturated rings. The summed E-state index contributed by atoms with van der Waals surface area (Å²) < 4.78 is 1.57. The molecule has 0 aliphatic carbocycles. The Balaban J connectivity index is 1.69. The Hall–Kier alpha value is -3.20. The number of amides is 1. The van der Waals surface area contributed by atoms with Crippen LogP contribution in [0.1, 0.15) is 6.92 Å². The Morgan fingerprint density at radius 3 is 2.65 bits per heavy atom. The molecule has 0 aliphatic heterocycles. The number of carbonyl (C=O) groups excluding carboxylic acids is 1. The molecule has 1 amide bonds. The van der Waals surface area contributed by atoms with E-state index in [0.717, 1.165) is 4.90 Å². The number of aromatic nitrogens is 3. The summed E-state index contributed by atoms with van der Waals surface area (Å²) in [5.74, 6) is 0.327. The number of non-ortho nitro benzene ring substituents is 1. The van der Waals surface area contributed by atoms with Gasteiger partial charge in [-0.05, 0) is 37.3 Å². The SMILES string of the molecule is CC(Sc1ccc([N+](=O)[O-])cc1)C(=O)Nc1cccnc1-n1cccn1. The highest BCUT2D eigenvalue weighted by Gasteiger charge is 2.17. The molecule has 0 bridgehead atoms. The average Bonchev–Trinajstić information content (AvgIpc) is 3.17. The molecule has 132 valence electrons. The van der Waals surface area contributed by atoms with E-state index < -0.39 is 10.2 Å². The van der Waals surface area contributed by atoms with Crippen LogP contribution in [-0.4, -0.2) is 30.8 Å². The van der Waals surface area contributed by atoms with E-state index in [-0.39, 0.29) is 11.6 Å². The van der Waals surface area contributed by atoms with Crippen molar-refractivity contribution in [3.05, 3.63) is 71.2 Å². The van der Waals surface area contributed by atoms with Crippen LogP contribution in [0, 0.1) is 10.1 Å². The standard InChI is InChI=1S/C17H15N5O3S/c1-12(26-14-7-5-13(6-8-14)22(24)25)17(23)20-15-4-2-9-18-16(15)21-11-3-10-19-21/h2-12H,1H3,(H,20,23). The maximum Gasteiger partial charge on any atom is 0.269 e. The highest BCUT2D eigenvalue weighted by atomic mass is 32.2. The van der Waals surface area contributed by atoms with Gasteiger partial charge in [-0.15, -0.1) is 11.8 Å². The van der Waals surface area contributed by atoms with E-state index in [2.05, 4.69) is 15.4 Å². The normalized spacial score (nSPS) is 11.7. The van der Waals surface area contributed by atoms with Crippen LogP contribution in [0.2, 0.25) is 0 Å². The third-order valence-electron chi connectivity index (χ3n) is 3.50. The second kappa shape index (κ2) is 7.79. The molecule has 1 atom stereocenters. The Morgan fingerprint density at radius 1 is 1.23 bits per heavy atom. The lowest BCUT2D eigenvalue weighted by molar-refractivity contribution is -0.384. The zero-order valence-corrected chi connectivity index (χ0v) is 14.6. The highest BCUT2D eigenvalue weighted by molar-refractivity contribution is 8.00. The molecule has 3 aromatic rings. The van der Waals surface area contributed by atoms with E-state index in [0.29, 0.717) is 11.5 Å². The van der Waals surface area contributed by atoms with Crippen molar-refractivity contribution in [3.8, 4) is 5.82 Å². The van der Waals surface area contributed by atoms with Gasteiger partial charge in [0.15, 0.2) is 5.82 Å². The van der Waals surface area contributed by atoms with E-state index in [1.54, 1.807) is 60.5 Å². The van der Waals surface area contributed by atoms with Crippen molar-refractivity contribution < 1.29 is 9.72 Å². The zero-order chi connectivity index (χ0) is 18.5. The Morgan fingerprint density at radius 2 is 2.00 bits per heavy atom. The van der Waals surface area contributed by atoms with Crippen LogP contribution >= 0.6 is 11.8 Å². The van der Waals surface area contributed by atoms with Crippen LogP contribution in [0.4, 0.5) is 11.4 Å². The molecule has 9 heteroatoms. The summed E-state index contributed by atoms with van der Waals surface area (Å²) >= 11 is 1.32. The molecule has 0 saturated carbocycles. The smallest absolute Gasteiger partial charge is 0.269 e. The minimum Gasteiger partial charge on any atom is -0.322 e. The number of pyridine rings is 1. The van der Waals surface area contributed by atoms with Gasteiger partial charge in [-0.1, -0.05) is 0 Å². The van der Waals surface area contributed by atoms with Crippen molar-refractivity contribution >= 4 is 29.0 Å². The quantitative estimate of drug-likeness (QED) is 0.406. The van der Waals surface area contributed by atoms with E-state index in [1.807, 2.05) is 0 Å². The number of rotatable bonds is 6. The van der Waals surface area contributed by atoms with Crippen LogP contribution in [0.25, 0.3) is 5.82 Å². The van der Waals surface area contributed by atoms with Crippen molar-refractivity contribution in [1.29, 1.82) is 0 Å². The van der Waals surface area contributed by atoms with Gasteiger partial charge in [0, 0.05) is 35.6 Å². The number of nitrogens with zero attached hydrogens (tertiary/aromatic N) is 4. The molecular weight excluding hydrogens is 354 g/mol. The molecule has 1 unspecified atom stereocenters. The van der Waals surface area contributed by atoms with E-state index >= 15 is 0 Å². The van der Waals surface area contributed by atoms with Crippen molar-refractivity contribution in [3.63, 3.8) is 0 Å². The fourth-order valence-corrected chi connectivity index (χ4v) is 3.08. The highest BCUT2D eigenvalue weighted by Crippen LogP contribution is 2.26. The summed E-state index contributed by atoms with van der Waals surface area (Å²) in [4.78, 5) is 27.8. The summed E-state index contributed by atoms with van der Waals surface area (Å²) in [7, 11) is 0. The largest absolute Gasteiger partial charge is 0.322 e. The predicted molar refractivity (Wildman–Crippen MR) is 98.4 cm³/mol. The molecule has 1 N–H and O–H groups in total. The first-order chi connectivity index (χ1) is 12.5. The summed E-state index contributed by atoms with van der Waals surface area (Å²) in [5.41, 5.74) is 0.572. The first kappa shape index (κ1) is 17.6. The Kier molecular flexibility index (Phi) is 5.28. The van der Waals surface area contributed by atoms with Gasteiger partial charge in [-0.25, -0.2) is 9.67 Å². The monoisotopic (exact) mass is 369 g/mol. The number of carbonyl (C=O) groups is 1. The third-order valence-corrected chi connectivity index (χ3v) is 4.61. The van der Waals surface area contributed by atoms with E-state index in [4.69, 9.17) is 0 Å². The van der Waals surface area contributed by atoms with Gasteiger partial charge in [-0.2, -0.15) is 5.10 Å². The lowest BCUT2D eigenvalue weighted by Gasteiger charge is -2.14. The Bertz CT molecular complexity index is 912. The lowest BCUT2D eigenvalue weighted by Crippen LogP contribution is -2.23. The van der Waals surface area contributed by atoms with Gasteiger partial charge < -0.3 is 5.32 Å². The van der Waals surface area contributed by atoms with Gasteiger partial charge >= 0.3 is 0 Å². The summed E-state index contributed by atoms with van der Waals surface area (Å²) in [6.07, 6.45) is 5.00. The number of thioether (sulfide) groups is 1. The van der Waals surface area contributed by atoms with Gasteiger partial charge in [0.2, 0.25) is 5.91 Å². The van der Waals surface area contributed by atoms with Crippen molar-refractivity contribution in [2.24, 2.45) is 0 Å². The number of nitro groups is 1. The Labute approximate surface area is 153 Å². The number of anilines is 1. The van der Waals surface area contributed by atoms with Crippen LogP contribution in [-0.2, 0) is 4.79 Å². The van der Waals surface area contributed by atoms with Crippen LogP contribution in [0.3, 0.4) is 0 Å². The van der Waals surface area contributed by atoms with Crippen molar-refractivity contribution in [2.75, 3.05) is 5.32 Å². The topological polar surface area (TPSA) is 103 Å². The molecule has 3 rings (SSSR count). The number of benzene rings is 1. The lowest BCUT2D eigenvalue weighted by atomic mass is 10.3. The van der Waals surface area contributed by atoms with Crippen molar-refractivity contribution in [1.82, 2.24) is 14.8 Å². The minimum atomic E-state index is -0.455. The first-order valence-corrected chi connectivity index (χ1v) is 8.59. The number of nitrogens with one attached hydrogen (secondary N) is 1. The number of hydrogen-bond donors (Lipinski definition) is 1. The molecule has 0 aliphatic rings. The molecule has 0 spiro atoms.